The molecule has 1 heterocycles. The number of benzene rings is 3. The van der Waals surface area contributed by atoms with Gasteiger partial charge in [0.1, 0.15) is 5.82 Å². The van der Waals surface area contributed by atoms with Crippen LogP contribution in [0.15, 0.2) is 60.7 Å². The Labute approximate surface area is 170 Å². The Balaban J connectivity index is 1.93. The molecule has 0 spiro atoms. The van der Waals surface area contributed by atoms with Gasteiger partial charge in [-0.25, -0.2) is 9.18 Å². The highest BCUT2D eigenvalue weighted by Gasteiger charge is 2.43. The molecule has 29 heavy (non-hydrogen) atoms. The van der Waals surface area contributed by atoms with E-state index in [2.05, 4.69) is 10.6 Å². The van der Waals surface area contributed by atoms with Crippen LogP contribution < -0.4 is 16.4 Å². The van der Waals surface area contributed by atoms with Gasteiger partial charge in [-0.2, -0.15) is 0 Å². The molecule has 0 fully saturated rings. The molecule has 146 valence electrons. The van der Waals surface area contributed by atoms with E-state index in [9.17, 15) is 19.1 Å². The van der Waals surface area contributed by atoms with E-state index in [0.29, 0.717) is 16.9 Å². The van der Waals surface area contributed by atoms with Gasteiger partial charge in [-0.15, -0.1) is 0 Å². The molecular weight excluding hydrogens is 397 g/mol. The van der Waals surface area contributed by atoms with Crippen LogP contribution in [0.25, 0.3) is 0 Å². The fourth-order valence-electron chi connectivity index (χ4n) is 3.48. The van der Waals surface area contributed by atoms with E-state index in [1.54, 1.807) is 30.3 Å². The number of hydrogen-bond acceptors (Lipinski definition) is 4. The van der Waals surface area contributed by atoms with Crippen LogP contribution in [0, 0.1) is 5.82 Å². The van der Waals surface area contributed by atoms with Crippen molar-refractivity contribution in [2.24, 2.45) is 5.73 Å². The van der Waals surface area contributed by atoms with Gasteiger partial charge in [-0.05, 0) is 36.4 Å². The molecule has 1 aliphatic rings. The van der Waals surface area contributed by atoms with E-state index in [0.717, 1.165) is 0 Å². The molecule has 0 aliphatic carbocycles. The van der Waals surface area contributed by atoms with Crippen LogP contribution >= 0.6 is 11.6 Å². The molecule has 1 amide bonds. The van der Waals surface area contributed by atoms with E-state index >= 15 is 0 Å². The second-order valence-electron chi connectivity index (χ2n) is 6.60. The van der Waals surface area contributed by atoms with E-state index in [-0.39, 0.29) is 21.7 Å². The minimum absolute atomic E-state index is 0.0811. The third kappa shape index (κ3) is 3.05. The smallest absolute Gasteiger partial charge is 0.335 e. The molecule has 8 heteroatoms. The Morgan fingerprint density at radius 2 is 1.62 bits per heavy atom. The number of hydrogen-bond donors (Lipinski definition) is 4. The number of carboxylic acids is 1. The van der Waals surface area contributed by atoms with Crippen LogP contribution in [-0.2, 0) is 5.66 Å². The molecule has 0 saturated heterocycles. The molecule has 3 aromatic carbocycles. The zero-order valence-electron chi connectivity index (χ0n) is 14.9. The molecule has 1 unspecified atom stereocenters. The van der Waals surface area contributed by atoms with Gasteiger partial charge in [0.25, 0.3) is 0 Å². The van der Waals surface area contributed by atoms with Crippen molar-refractivity contribution in [3.05, 3.63) is 93.8 Å². The minimum atomic E-state index is -1.32. The predicted molar refractivity (Wildman–Crippen MR) is 108 cm³/mol. The van der Waals surface area contributed by atoms with E-state index in [1.807, 2.05) is 0 Å². The molecule has 1 atom stereocenters. The summed E-state index contributed by atoms with van der Waals surface area (Å²) >= 11 is 6.47. The molecule has 0 aromatic heterocycles. The third-order valence-electron chi connectivity index (χ3n) is 4.85. The molecule has 5 N–H and O–H groups in total. The lowest BCUT2D eigenvalue weighted by molar-refractivity contribution is 0.0696. The van der Waals surface area contributed by atoms with Crippen molar-refractivity contribution < 1.29 is 19.1 Å². The zero-order valence-corrected chi connectivity index (χ0v) is 15.6. The maximum atomic E-state index is 14.9. The molecular formula is C21H15ClFN3O3. The number of fused-ring (bicyclic) bond motifs is 1. The normalized spacial score (nSPS) is 17.2. The largest absolute Gasteiger partial charge is 0.478 e. The second-order valence-corrected chi connectivity index (χ2v) is 7.01. The molecule has 0 bridgehead atoms. The summed E-state index contributed by atoms with van der Waals surface area (Å²) in [6.45, 7) is 0. The molecule has 0 radical (unpaired) electrons. The number of carboxylic acid groups (broad SMARTS) is 1. The van der Waals surface area contributed by atoms with Crippen LogP contribution in [-0.4, -0.2) is 17.0 Å². The molecule has 4 rings (SSSR count). The Hall–Kier alpha value is -3.58. The lowest BCUT2D eigenvalue weighted by Crippen LogP contribution is -2.41. The number of carbonyl (C=O) groups excluding carboxylic acids is 1. The number of rotatable bonds is 4. The summed E-state index contributed by atoms with van der Waals surface area (Å²) in [6.07, 6.45) is 0. The lowest BCUT2D eigenvalue weighted by atomic mass is 9.90. The van der Waals surface area contributed by atoms with Crippen molar-refractivity contribution in [1.29, 1.82) is 0 Å². The van der Waals surface area contributed by atoms with Gasteiger partial charge in [0.05, 0.1) is 16.9 Å². The van der Waals surface area contributed by atoms with Crippen molar-refractivity contribution in [2.75, 3.05) is 10.6 Å². The van der Waals surface area contributed by atoms with Gasteiger partial charge in [0.15, 0.2) is 5.66 Å². The van der Waals surface area contributed by atoms with Gasteiger partial charge in [0, 0.05) is 21.7 Å². The van der Waals surface area contributed by atoms with E-state index in [4.69, 9.17) is 17.3 Å². The topological polar surface area (TPSA) is 104 Å². The van der Waals surface area contributed by atoms with Gasteiger partial charge < -0.3 is 21.5 Å². The van der Waals surface area contributed by atoms with Crippen LogP contribution in [0.5, 0.6) is 0 Å². The highest BCUT2D eigenvalue weighted by molar-refractivity contribution is 6.32. The summed E-state index contributed by atoms with van der Waals surface area (Å²) in [4.78, 5) is 22.8. The van der Waals surface area contributed by atoms with Crippen LogP contribution in [0.2, 0.25) is 5.02 Å². The number of amides is 1. The summed E-state index contributed by atoms with van der Waals surface area (Å²) in [5.74, 6) is -2.21. The fraction of sp³-hybridized carbons (Fsp3) is 0.0476. The lowest BCUT2D eigenvalue weighted by Gasteiger charge is -2.33. The molecule has 3 aromatic rings. The van der Waals surface area contributed by atoms with Crippen LogP contribution in [0.3, 0.4) is 0 Å². The van der Waals surface area contributed by atoms with Gasteiger partial charge in [-0.1, -0.05) is 35.9 Å². The van der Waals surface area contributed by atoms with Crippen molar-refractivity contribution in [3.63, 3.8) is 0 Å². The third-order valence-corrected chi connectivity index (χ3v) is 5.16. The summed E-state index contributed by atoms with van der Waals surface area (Å²) < 4.78 is 14.9. The van der Waals surface area contributed by atoms with Crippen molar-refractivity contribution >= 4 is 34.9 Å². The monoisotopic (exact) mass is 411 g/mol. The summed E-state index contributed by atoms with van der Waals surface area (Å²) in [5.41, 5.74) is 6.05. The Morgan fingerprint density at radius 3 is 2.28 bits per heavy atom. The van der Waals surface area contributed by atoms with Crippen molar-refractivity contribution in [1.82, 2.24) is 0 Å². The average molecular weight is 412 g/mol. The van der Waals surface area contributed by atoms with Crippen LogP contribution in [0.4, 0.5) is 15.8 Å². The SMILES string of the molecule is NC(=O)c1ccc(C2(c3ccccc3F)Nc3ccc(C(=O)O)cc3N2)c(Cl)c1. The van der Waals surface area contributed by atoms with Gasteiger partial charge in [0.2, 0.25) is 5.91 Å². The Morgan fingerprint density at radius 1 is 0.931 bits per heavy atom. The van der Waals surface area contributed by atoms with E-state index < -0.39 is 23.4 Å². The zero-order chi connectivity index (χ0) is 20.8. The van der Waals surface area contributed by atoms with Crippen LogP contribution in [0.1, 0.15) is 31.8 Å². The maximum Gasteiger partial charge on any atom is 0.335 e. The number of carbonyl (C=O) groups is 2. The molecule has 0 saturated carbocycles. The number of nitrogens with one attached hydrogen (secondary N) is 2. The van der Waals surface area contributed by atoms with Crippen molar-refractivity contribution in [3.8, 4) is 0 Å². The fourth-order valence-corrected chi connectivity index (χ4v) is 3.80. The Bertz CT molecular complexity index is 1170. The summed E-state index contributed by atoms with van der Waals surface area (Å²) in [7, 11) is 0. The first-order valence-corrected chi connectivity index (χ1v) is 8.98. The number of halogens is 2. The molecule has 1 aliphatic heterocycles. The first-order chi connectivity index (χ1) is 13.8. The predicted octanol–water partition coefficient (Wildman–Crippen LogP) is 4.01. The number of anilines is 2. The Kier molecular flexibility index (Phi) is 4.39. The second kappa shape index (κ2) is 6.79. The van der Waals surface area contributed by atoms with Gasteiger partial charge in [-0.3, -0.25) is 4.79 Å². The molecule has 6 nitrogen and oxygen atoms in total. The summed E-state index contributed by atoms with van der Waals surface area (Å²) in [5, 5.41) is 15.9. The van der Waals surface area contributed by atoms with Crippen molar-refractivity contribution in [2.45, 2.75) is 5.66 Å². The highest BCUT2D eigenvalue weighted by Crippen LogP contribution is 2.46. The summed E-state index contributed by atoms with van der Waals surface area (Å²) in [6, 6.07) is 15.2. The average Bonchev–Trinajstić information content (AvgIpc) is 3.07. The number of aromatic carboxylic acids is 1. The van der Waals surface area contributed by atoms with Gasteiger partial charge >= 0.3 is 5.97 Å². The number of primary amides is 1. The quantitative estimate of drug-likeness (QED) is 0.519. The minimum Gasteiger partial charge on any atom is -0.478 e. The number of nitrogens with two attached hydrogens (primary N) is 1. The maximum absolute atomic E-state index is 14.9. The first-order valence-electron chi connectivity index (χ1n) is 8.60. The standard InChI is InChI=1S/C21H15ClFN3O3/c22-15-9-11(19(24)27)5-7-13(15)21(14-3-1-2-4-16(14)23)25-17-8-6-12(20(28)29)10-18(17)26-21/h1-10,25-26H,(H2,24,27)(H,28,29). The van der Waals surface area contributed by atoms with E-state index in [1.165, 1.54) is 30.3 Å². The first kappa shape index (κ1) is 18.8. The highest BCUT2D eigenvalue weighted by atomic mass is 35.5.